The summed E-state index contributed by atoms with van der Waals surface area (Å²) in [5, 5.41) is 0.583. The first-order chi connectivity index (χ1) is 6.61. The summed E-state index contributed by atoms with van der Waals surface area (Å²) in [5.74, 6) is -0.886. The molecule has 0 bridgehead atoms. The van der Waals surface area contributed by atoms with Crippen LogP contribution in [0.5, 0.6) is 0 Å². The highest BCUT2D eigenvalue weighted by atomic mass is 17.3. The second-order valence-electron chi connectivity index (χ2n) is 2.93. The van der Waals surface area contributed by atoms with E-state index in [9.17, 15) is 14.4 Å². The number of ketones is 1. The normalized spacial score (nSPS) is 16.5. The predicted molar refractivity (Wildman–Crippen MR) is 43.4 cm³/mol. The van der Waals surface area contributed by atoms with E-state index in [0.717, 1.165) is 0 Å². The first-order valence-electron chi connectivity index (χ1n) is 4.26. The van der Waals surface area contributed by atoms with Crippen LogP contribution in [0.25, 0.3) is 0 Å². The molecule has 78 valence electrons. The van der Waals surface area contributed by atoms with Crippen LogP contribution in [0, 0.1) is 0 Å². The number of Topliss-reactive ketones (excluding diaryl/α,β-unsaturated/α-hetero) is 1. The Hall–Kier alpha value is -1.27. The van der Waals surface area contributed by atoms with E-state index in [2.05, 4.69) is 9.88 Å². The second-order valence-corrected chi connectivity index (χ2v) is 2.93. The zero-order chi connectivity index (χ0) is 10.6. The van der Waals surface area contributed by atoms with Crippen LogP contribution in [-0.2, 0) is 24.3 Å². The van der Waals surface area contributed by atoms with Gasteiger partial charge in [-0.25, -0.2) is 4.89 Å². The Bertz CT molecular complexity index is 246. The van der Waals surface area contributed by atoms with Gasteiger partial charge in [0.25, 0.3) is 11.8 Å². The summed E-state index contributed by atoms with van der Waals surface area (Å²) in [7, 11) is 0. The number of hydrogen-bond acceptors (Lipinski definition) is 5. The molecule has 1 rings (SSSR count). The molecule has 1 aliphatic rings. The Balaban J connectivity index is 2.20. The molecule has 14 heavy (non-hydrogen) atoms. The van der Waals surface area contributed by atoms with Gasteiger partial charge in [0.15, 0.2) is 0 Å². The van der Waals surface area contributed by atoms with Gasteiger partial charge in [-0.05, 0) is 6.92 Å². The van der Waals surface area contributed by atoms with Crippen molar-refractivity contribution >= 4 is 17.6 Å². The van der Waals surface area contributed by atoms with Crippen LogP contribution in [-0.4, -0.2) is 29.3 Å². The molecule has 1 saturated heterocycles. The van der Waals surface area contributed by atoms with Gasteiger partial charge in [0, 0.05) is 19.3 Å². The first kappa shape index (κ1) is 10.8. The van der Waals surface area contributed by atoms with Gasteiger partial charge in [-0.3, -0.25) is 14.4 Å². The third kappa shape index (κ3) is 2.90. The van der Waals surface area contributed by atoms with Crippen LogP contribution >= 0.6 is 0 Å². The van der Waals surface area contributed by atoms with E-state index in [1.165, 1.54) is 6.92 Å². The van der Waals surface area contributed by atoms with Crippen LogP contribution in [0.1, 0.15) is 26.2 Å². The van der Waals surface area contributed by atoms with Crippen LogP contribution in [0.3, 0.4) is 0 Å². The Labute approximate surface area is 80.6 Å². The molecule has 0 atom stereocenters. The second kappa shape index (κ2) is 4.83. The third-order valence-electron chi connectivity index (χ3n) is 1.67. The molecule has 6 nitrogen and oxygen atoms in total. The van der Waals surface area contributed by atoms with Crippen molar-refractivity contribution in [3.05, 3.63) is 0 Å². The standard InChI is InChI=1S/C8H11NO5/c1-6(10)4-5-13-14-9-7(11)2-3-8(9)12/h2-5H2,1H3. The summed E-state index contributed by atoms with van der Waals surface area (Å²) in [6, 6.07) is 0. The van der Waals surface area contributed by atoms with Crippen LogP contribution in [0.4, 0.5) is 0 Å². The SMILES string of the molecule is CC(=O)CCOON1C(=O)CCC1=O. The highest BCUT2D eigenvalue weighted by Crippen LogP contribution is 2.11. The maximum absolute atomic E-state index is 10.9. The highest BCUT2D eigenvalue weighted by molar-refractivity contribution is 6.00. The van der Waals surface area contributed by atoms with Crippen molar-refractivity contribution in [2.24, 2.45) is 0 Å². The van der Waals surface area contributed by atoms with Crippen molar-refractivity contribution in [2.45, 2.75) is 26.2 Å². The fraction of sp³-hybridized carbons (Fsp3) is 0.625. The molecule has 0 unspecified atom stereocenters. The summed E-state index contributed by atoms with van der Waals surface area (Å²) in [6.07, 6.45) is 0.486. The maximum Gasteiger partial charge on any atom is 0.256 e. The quantitative estimate of drug-likeness (QED) is 0.270. The summed E-state index contributed by atoms with van der Waals surface area (Å²) in [5.41, 5.74) is 0. The summed E-state index contributed by atoms with van der Waals surface area (Å²) in [4.78, 5) is 41.4. The molecular formula is C8H11NO5. The largest absolute Gasteiger partial charge is 0.300 e. The van der Waals surface area contributed by atoms with E-state index in [-0.39, 0.29) is 31.7 Å². The molecule has 2 amide bonds. The van der Waals surface area contributed by atoms with Crippen molar-refractivity contribution in [3.8, 4) is 0 Å². The van der Waals surface area contributed by atoms with Crippen molar-refractivity contribution in [1.29, 1.82) is 0 Å². The first-order valence-corrected chi connectivity index (χ1v) is 4.26. The number of imide groups is 1. The van der Waals surface area contributed by atoms with Crippen molar-refractivity contribution in [1.82, 2.24) is 5.06 Å². The molecule has 0 aromatic rings. The Morgan fingerprint density at radius 1 is 1.36 bits per heavy atom. The van der Waals surface area contributed by atoms with Crippen molar-refractivity contribution < 1.29 is 24.3 Å². The predicted octanol–water partition coefficient (Wildman–Crippen LogP) is -0.0223. The average molecular weight is 201 g/mol. The minimum Gasteiger partial charge on any atom is -0.300 e. The van der Waals surface area contributed by atoms with Gasteiger partial charge in [-0.1, -0.05) is 0 Å². The van der Waals surface area contributed by atoms with Gasteiger partial charge in [-0.2, -0.15) is 0 Å². The van der Waals surface area contributed by atoms with Gasteiger partial charge >= 0.3 is 0 Å². The van der Waals surface area contributed by atoms with Crippen molar-refractivity contribution in [3.63, 3.8) is 0 Å². The van der Waals surface area contributed by atoms with E-state index >= 15 is 0 Å². The van der Waals surface area contributed by atoms with Crippen LogP contribution in [0.15, 0.2) is 0 Å². The molecule has 0 aromatic heterocycles. The number of carbonyl (C=O) groups is 3. The molecule has 0 radical (unpaired) electrons. The Kier molecular flexibility index (Phi) is 3.73. The van der Waals surface area contributed by atoms with Gasteiger partial charge in [-0.15, -0.1) is 10.1 Å². The monoisotopic (exact) mass is 201 g/mol. The number of rotatable bonds is 5. The number of amides is 2. The molecule has 0 spiro atoms. The summed E-state index contributed by atoms with van der Waals surface area (Å²) >= 11 is 0. The number of hydroxylamine groups is 2. The summed E-state index contributed by atoms with van der Waals surface area (Å²) < 4.78 is 0. The minimum absolute atomic E-state index is 0.0341. The Morgan fingerprint density at radius 3 is 2.43 bits per heavy atom. The van der Waals surface area contributed by atoms with E-state index in [1.807, 2.05) is 0 Å². The lowest BCUT2D eigenvalue weighted by atomic mass is 10.3. The lowest BCUT2D eigenvalue weighted by Crippen LogP contribution is -2.29. The molecule has 6 heteroatoms. The maximum atomic E-state index is 10.9. The van der Waals surface area contributed by atoms with Gasteiger partial charge in [0.1, 0.15) is 5.78 Å². The zero-order valence-corrected chi connectivity index (χ0v) is 7.82. The van der Waals surface area contributed by atoms with E-state index in [0.29, 0.717) is 5.06 Å². The molecule has 0 N–H and O–H groups in total. The molecule has 1 heterocycles. The zero-order valence-electron chi connectivity index (χ0n) is 7.82. The number of hydrogen-bond donors (Lipinski definition) is 0. The lowest BCUT2D eigenvalue weighted by Gasteiger charge is -2.10. The molecular weight excluding hydrogens is 190 g/mol. The fourth-order valence-corrected chi connectivity index (χ4v) is 0.915. The lowest BCUT2D eigenvalue weighted by molar-refractivity contribution is -0.392. The smallest absolute Gasteiger partial charge is 0.256 e. The number of carbonyl (C=O) groups excluding carboxylic acids is 3. The number of nitrogens with zero attached hydrogens (tertiary/aromatic N) is 1. The Morgan fingerprint density at radius 2 is 1.93 bits per heavy atom. The van der Waals surface area contributed by atoms with Crippen molar-refractivity contribution in [2.75, 3.05) is 6.61 Å². The molecule has 0 aromatic carbocycles. The minimum atomic E-state index is -0.419. The average Bonchev–Trinajstić information content (AvgIpc) is 2.42. The summed E-state index contributed by atoms with van der Waals surface area (Å²) in [6.45, 7) is 1.45. The highest BCUT2D eigenvalue weighted by Gasteiger charge is 2.31. The van der Waals surface area contributed by atoms with Gasteiger partial charge in [0.05, 0.1) is 6.61 Å². The van der Waals surface area contributed by atoms with E-state index in [1.54, 1.807) is 0 Å². The molecule has 0 saturated carbocycles. The molecule has 1 fully saturated rings. The van der Waals surface area contributed by atoms with E-state index in [4.69, 9.17) is 0 Å². The topological polar surface area (TPSA) is 72.9 Å². The van der Waals surface area contributed by atoms with E-state index < -0.39 is 11.8 Å². The third-order valence-corrected chi connectivity index (χ3v) is 1.67. The van der Waals surface area contributed by atoms with Gasteiger partial charge < -0.3 is 0 Å². The van der Waals surface area contributed by atoms with Crippen LogP contribution < -0.4 is 0 Å². The molecule has 0 aliphatic carbocycles. The van der Waals surface area contributed by atoms with Crippen LogP contribution in [0.2, 0.25) is 0 Å². The molecule has 1 aliphatic heterocycles. The van der Waals surface area contributed by atoms with Gasteiger partial charge in [0.2, 0.25) is 0 Å². The fourth-order valence-electron chi connectivity index (χ4n) is 0.915.